The maximum atomic E-state index is 11.0. The van der Waals surface area contributed by atoms with Crippen molar-refractivity contribution in [3.63, 3.8) is 0 Å². The smallest absolute Gasteiger partial charge is 0.748 e. The average Bonchev–Trinajstić information content (AvgIpc) is 3.11. The van der Waals surface area contributed by atoms with Gasteiger partial charge in [-0.05, 0) is 6.42 Å². The molecule has 2 atom stereocenters. The average molecular weight is 514 g/mol. The number of unbranched alkanes of at least 4 members (excludes halogenated alkanes) is 14. The third kappa shape index (κ3) is 16.3. The zero-order valence-corrected chi connectivity index (χ0v) is 24.9. The van der Waals surface area contributed by atoms with Gasteiger partial charge in [0, 0.05) is 6.42 Å². The van der Waals surface area contributed by atoms with E-state index in [-0.39, 0.29) is 42.7 Å². The van der Waals surface area contributed by atoms with E-state index in [0.717, 1.165) is 25.1 Å². The normalized spacial score (nSPS) is 19.1. The Morgan fingerprint density at radius 1 is 0.912 bits per heavy atom. The predicted octanol–water partition coefficient (Wildman–Crippen LogP) is 1.38. The van der Waals surface area contributed by atoms with Crippen molar-refractivity contribution in [3.8, 4) is 0 Å². The molecule has 0 bridgehead atoms. The Morgan fingerprint density at radius 3 is 1.82 bits per heavy atom. The van der Waals surface area contributed by atoms with Gasteiger partial charge in [-0.25, -0.2) is 13.4 Å². The Kier molecular flexibility index (Phi) is 20.8. The molecule has 7 nitrogen and oxygen atoms in total. The van der Waals surface area contributed by atoms with Gasteiger partial charge in [0.25, 0.3) is 0 Å². The first-order valence-corrected chi connectivity index (χ1v) is 15.0. The minimum absolute atomic E-state index is 0. The van der Waals surface area contributed by atoms with Crippen molar-refractivity contribution in [2.24, 2.45) is 4.99 Å². The molecule has 0 aliphatic carbocycles. The second-order valence-electron chi connectivity index (χ2n) is 9.87. The summed E-state index contributed by atoms with van der Waals surface area (Å²) in [6, 6.07) is 0. The first-order chi connectivity index (χ1) is 15.8. The van der Waals surface area contributed by atoms with Crippen LogP contribution in [0.3, 0.4) is 0 Å². The van der Waals surface area contributed by atoms with Crippen LogP contribution < -0.4 is 29.6 Å². The Balaban J connectivity index is 0.0000109. The number of quaternary nitrogens is 1. The molecule has 0 saturated carbocycles. The van der Waals surface area contributed by atoms with Crippen LogP contribution in [0.1, 0.15) is 110 Å². The van der Waals surface area contributed by atoms with Crippen LogP contribution in [0.15, 0.2) is 4.99 Å². The van der Waals surface area contributed by atoms with Gasteiger partial charge in [0.2, 0.25) is 0 Å². The number of rotatable bonds is 22. The number of aliphatic hydroxyl groups excluding tert-OH is 2. The van der Waals surface area contributed by atoms with Crippen LogP contribution in [0, 0.1) is 0 Å². The Labute approximate surface area is 231 Å². The molecule has 1 rings (SSSR count). The van der Waals surface area contributed by atoms with Gasteiger partial charge in [0.1, 0.15) is 25.7 Å². The van der Waals surface area contributed by atoms with Crippen LogP contribution in [0.5, 0.6) is 0 Å². The number of amidine groups is 1. The van der Waals surface area contributed by atoms with Gasteiger partial charge < -0.3 is 14.8 Å². The maximum Gasteiger partial charge on any atom is 1.00 e. The molecular formula is C25H50N2NaO5S+. The van der Waals surface area contributed by atoms with Gasteiger partial charge in [0.15, 0.2) is 5.84 Å². The molecule has 0 aromatic heterocycles. The molecule has 2 unspecified atom stereocenters. The molecule has 1 aliphatic rings. The fourth-order valence-electron chi connectivity index (χ4n) is 5.03. The third-order valence-corrected chi connectivity index (χ3v) is 7.65. The SMILES string of the molecule is CCCCCCCCCCCCCCCCCC1=NCC[N+]1(CCO)CC(O)CS(=O)(=O)[O-].[Na+]. The summed E-state index contributed by atoms with van der Waals surface area (Å²) in [5.41, 5.74) is 0. The summed E-state index contributed by atoms with van der Waals surface area (Å²) >= 11 is 0. The Hall–Kier alpha value is 0.460. The Morgan fingerprint density at radius 2 is 1.38 bits per heavy atom. The summed E-state index contributed by atoms with van der Waals surface area (Å²) in [6.45, 7) is 3.98. The second-order valence-corrected chi connectivity index (χ2v) is 11.3. The van der Waals surface area contributed by atoms with E-state index in [9.17, 15) is 23.2 Å². The van der Waals surface area contributed by atoms with Crippen molar-refractivity contribution in [2.45, 2.75) is 116 Å². The third-order valence-electron chi connectivity index (χ3n) is 6.86. The molecule has 1 aliphatic heterocycles. The molecule has 0 radical (unpaired) electrons. The van der Waals surface area contributed by atoms with Gasteiger partial charge in [-0.3, -0.25) is 4.48 Å². The van der Waals surface area contributed by atoms with Crippen LogP contribution in [-0.2, 0) is 10.1 Å². The number of hydrogen-bond donors (Lipinski definition) is 2. The molecule has 2 N–H and O–H groups in total. The monoisotopic (exact) mass is 513 g/mol. The van der Waals surface area contributed by atoms with E-state index in [1.54, 1.807) is 0 Å². The molecule has 196 valence electrons. The van der Waals surface area contributed by atoms with Crippen molar-refractivity contribution in [1.82, 2.24) is 0 Å². The van der Waals surface area contributed by atoms with E-state index >= 15 is 0 Å². The van der Waals surface area contributed by atoms with Gasteiger partial charge in [-0.15, -0.1) is 0 Å². The van der Waals surface area contributed by atoms with Crippen LogP contribution in [0.2, 0.25) is 0 Å². The van der Waals surface area contributed by atoms with Crippen LogP contribution >= 0.6 is 0 Å². The van der Waals surface area contributed by atoms with Crippen molar-refractivity contribution in [1.29, 1.82) is 0 Å². The van der Waals surface area contributed by atoms with Gasteiger partial charge in [0.05, 0.1) is 29.0 Å². The van der Waals surface area contributed by atoms with Crippen molar-refractivity contribution in [3.05, 3.63) is 0 Å². The number of aliphatic imine (C=N–C) groups is 1. The topological polar surface area (TPSA) is 110 Å². The van der Waals surface area contributed by atoms with E-state index in [0.29, 0.717) is 24.1 Å². The molecule has 0 spiro atoms. The molecule has 0 fully saturated rings. The molecular weight excluding hydrogens is 463 g/mol. The first-order valence-electron chi connectivity index (χ1n) is 13.5. The summed E-state index contributed by atoms with van der Waals surface area (Å²) < 4.78 is 33.3. The molecule has 34 heavy (non-hydrogen) atoms. The number of aliphatic hydroxyl groups is 2. The minimum atomic E-state index is -4.48. The summed E-state index contributed by atoms with van der Waals surface area (Å²) in [5.74, 6) is 0.145. The number of hydrogen-bond acceptors (Lipinski definition) is 6. The van der Waals surface area contributed by atoms with Crippen LogP contribution in [0.4, 0.5) is 0 Å². The standard InChI is InChI=1S/C25H50N2O5S.Na/c1-2-3-4-5-6-7-8-9-10-11-12-13-14-15-16-17-25-26-18-19-27(25,20-21-28)22-24(29)23-33(30,31)32;/h24,28-29H,2-23H2,1H3;/q;+1. The number of nitrogens with zero attached hydrogens (tertiary/aromatic N) is 2. The van der Waals surface area contributed by atoms with E-state index in [4.69, 9.17) is 0 Å². The maximum absolute atomic E-state index is 11.0. The van der Waals surface area contributed by atoms with Crippen LogP contribution in [-0.4, -0.2) is 78.1 Å². The molecule has 0 aromatic carbocycles. The largest absolute Gasteiger partial charge is 1.00 e. The summed E-state index contributed by atoms with van der Waals surface area (Å²) in [6.07, 6.45) is 19.2. The van der Waals surface area contributed by atoms with E-state index in [2.05, 4.69) is 11.9 Å². The Bertz CT molecular complexity index is 633. The molecule has 0 saturated heterocycles. The minimum Gasteiger partial charge on any atom is -0.748 e. The van der Waals surface area contributed by atoms with Crippen molar-refractivity contribution in [2.75, 3.05) is 38.5 Å². The van der Waals surface area contributed by atoms with Crippen LogP contribution in [0.25, 0.3) is 0 Å². The molecule has 0 amide bonds. The zero-order valence-electron chi connectivity index (χ0n) is 22.1. The fraction of sp³-hybridized carbons (Fsp3) is 0.960. The van der Waals surface area contributed by atoms with E-state index in [1.807, 2.05) is 0 Å². The fourth-order valence-corrected chi connectivity index (χ4v) is 5.61. The molecule has 1 heterocycles. The quantitative estimate of drug-likeness (QED) is 0.0984. The second kappa shape index (κ2) is 20.5. The van der Waals surface area contributed by atoms with Crippen molar-refractivity contribution < 1.29 is 57.2 Å². The first kappa shape index (κ1) is 34.5. The summed E-state index contributed by atoms with van der Waals surface area (Å²) in [5, 5.41) is 19.7. The zero-order chi connectivity index (χ0) is 24.4. The van der Waals surface area contributed by atoms with E-state index < -0.39 is 22.0 Å². The van der Waals surface area contributed by atoms with Gasteiger partial charge in [-0.2, -0.15) is 0 Å². The molecule has 9 heteroatoms. The summed E-state index contributed by atoms with van der Waals surface area (Å²) in [4.78, 5) is 4.60. The predicted molar refractivity (Wildman–Crippen MR) is 134 cm³/mol. The van der Waals surface area contributed by atoms with E-state index in [1.165, 1.54) is 83.5 Å². The van der Waals surface area contributed by atoms with Crippen molar-refractivity contribution >= 4 is 16.0 Å². The summed E-state index contributed by atoms with van der Waals surface area (Å²) in [7, 11) is -4.48. The van der Waals surface area contributed by atoms with Gasteiger partial charge >= 0.3 is 29.6 Å². The molecule has 0 aromatic rings. The van der Waals surface area contributed by atoms with Gasteiger partial charge in [-0.1, -0.05) is 96.8 Å².